The quantitative estimate of drug-likeness (QED) is 0.351. The largest absolute Gasteiger partial charge is 0.466 e. The summed E-state index contributed by atoms with van der Waals surface area (Å²) in [6, 6.07) is 7.50. The molecule has 1 unspecified atom stereocenters. The number of tetrazole rings is 1. The van der Waals surface area contributed by atoms with E-state index in [9.17, 15) is 13.6 Å². The first-order valence-electron chi connectivity index (χ1n) is 10.1. The molecule has 0 bridgehead atoms. The summed E-state index contributed by atoms with van der Waals surface area (Å²) < 4.78 is 41.3. The number of aliphatic hydroxyl groups is 1. The summed E-state index contributed by atoms with van der Waals surface area (Å²) in [6.07, 6.45) is -2.08. The number of rotatable bonds is 6. The molecule has 16 heteroatoms. The number of aromatic nitrogens is 5. The van der Waals surface area contributed by atoms with Crippen LogP contribution in [0.3, 0.4) is 0 Å². The van der Waals surface area contributed by atoms with Gasteiger partial charge in [0.05, 0.1) is 18.8 Å². The van der Waals surface area contributed by atoms with Crippen LogP contribution < -0.4 is 4.90 Å². The van der Waals surface area contributed by atoms with Crippen LogP contribution in [0.25, 0.3) is 22.6 Å². The molecule has 188 valence electrons. The van der Waals surface area contributed by atoms with Crippen molar-refractivity contribution in [3.63, 3.8) is 0 Å². The molecule has 1 saturated heterocycles. The molecule has 0 spiro atoms. The Morgan fingerprint density at radius 1 is 1.26 bits per heavy atom. The van der Waals surface area contributed by atoms with Gasteiger partial charge in [-0.2, -0.15) is 4.80 Å². The number of amides is 1. The minimum Gasteiger partial charge on any atom is -0.438 e. The molecule has 0 saturated carbocycles. The molecule has 3 aromatic rings. The van der Waals surface area contributed by atoms with E-state index in [0.29, 0.717) is 23.6 Å². The molecular formula is C19H21F2N6O7P. The fourth-order valence-electron chi connectivity index (χ4n) is 3.07. The Kier molecular flexibility index (Phi) is 8.19. The number of pyridine rings is 1. The van der Waals surface area contributed by atoms with Gasteiger partial charge in [-0.25, -0.2) is 18.1 Å². The second-order valence-corrected chi connectivity index (χ2v) is 8.25. The van der Waals surface area contributed by atoms with Crippen molar-refractivity contribution in [2.75, 3.05) is 11.4 Å². The predicted molar refractivity (Wildman–Crippen MR) is 116 cm³/mol. The number of aryl methyl sites for hydroxylation is 1. The number of alkyl halides is 1. The van der Waals surface area contributed by atoms with Crippen molar-refractivity contribution in [2.24, 2.45) is 0 Å². The number of nitrogens with zero attached hydrogens (tertiary/aromatic N) is 6. The molecule has 4 rings (SSSR count). The third-order valence-electron chi connectivity index (χ3n) is 4.59. The number of ether oxygens (including phenoxy) is 1. The van der Waals surface area contributed by atoms with Crippen molar-refractivity contribution in [2.45, 2.75) is 32.4 Å². The van der Waals surface area contributed by atoms with Gasteiger partial charge in [0.1, 0.15) is 11.5 Å². The zero-order valence-corrected chi connectivity index (χ0v) is 19.0. The maximum absolute atomic E-state index is 14.7. The average Bonchev–Trinajstić information content (AvgIpc) is 3.40. The molecule has 2 atom stereocenters. The van der Waals surface area contributed by atoms with Crippen LogP contribution in [0.1, 0.15) is 13.3 Å². The highest BCUT2D eigenvalue weighted by Crippen LogP contribution is 2.30. The molecule has 4 N–H and O–H groups in total. The van der Waals surface area contributed by atoms with Gasteiger partial charge in [0.15, 0.2) is 6.10 Å². The molecule has 13 nitrogen and oxygen atoms in total. The van der Waals surface area contributed by atoms with Crippen LogP contribution in [0.2, 0.25) is 0 Å². The van der Waals surface area contributed by atoms with Crippen LogP contribution in [0.15, 0.2) is 36.5 Å². The van der Waals surface area contributed by atoms with E-state index < -0.39 is 32.2 Å². The SMILES string of the molecule is CCCn1nnc(-c2ccc(-c3ccc(N4C[C@H](C(O)F)OC4=O)cc3F)cn2)n1.O=P(O)(O)O. The first-order valence-corrected chi connectivity index (χ1v) is 11.7. The van der Waals surface area contributed by atoms with Gasteiger partial charge in [0, 0.05) is 17.3 Å². The molecule has 1 amide bonds. The third kappa shape index (κ3) is 7.07. The van der Waals surface area contributed by atoms with Crippen molar-refractivity contribution in [1.29, 1.82) is 0 Å². The van der Waals surface area contributed by atoms with Gasteiger partial charge in [-0.3, -0.25) is 9.88 Å². The van der Waals surface area contributed by atoms with Crippen molar-refractivity contribution >= 4 is 19.6 Å². The van der Waals surface area contributed by atoms with Crippen LogP contribution in [0.4, 0.5) is 19.3 Å². The number of cyclic esters (lactones) is 1. The van der Waals surface area contributed by atoms with Crippen LogP contribution in [-0.4, -0.2) is 70.1 Å². The number of carbonyl (C=O) groups is 1. The van der Waals surface area contributed by atoms with Gasteiger partial charge in [0.25, 0.3) is 0 Å². The summed E-state index contributed by atoms with van der Waals surface area (Å²) in [5.74, 6) is -0.214. The number of aliphatic hydroxyl groups excluding tert-OH is 1. The molecule has 1 aliphatic rings. The summed E-state index contributed by atoms with van der Waals surface area (Å²) in [5, 5.41) is 21.1. The molecule has 1 aromatic carbocycles. The molecule has 0 aliphatic carbocycles. The Morgan fingerprint density at radius 2 is 1.97 bits per heavy atom. The molecular weight excluding hydrogens is 493 g/mol. The van der Waals surface area contributed by atoms with E-state index in [2.05, 4.69) is 20.4 Å². The van der Waals surface area contributed by atoms with Crippen molar-refractivity contribution in [3.8, 4) is 22.6 Å². The Bertz CT molecular complexity index is 1210. The smallest absolute Gasteiger partial charge is 0.438 e. The predicted octanol–water partition coefficient (Wildman–Crippen LogP) is 1.64. The lowest BCUT2D eigenvalue weighted by molar-refractivity contribution is -0.0503. The van der Waals surface area contributed by atoms with E-state index >= 15 is 0 Å². The summed E-state index contributed by atoms with van der Waals surface area (Å²) in [6.45, 7) is 2.45. The van der Waals surface area contributed by atoms with Crippen LogP contribution in [-0.2, 0) is 15.8 Å². The van der Waals surface area contributed by atoms with Gasteiger partial charge in [-0.15, -0.1) is 10.2 Å². The van der Waals surface area contributed by atoms with E-state index in [1.54, 1.807) is 12.1 Å². The molecule has 1 aliphatic heterocycles. The second kappa shape index (κ2) is 10.9. The molecule has 2 aromatic heterocycles. The maximum atomic E-state index is 14.7. The summed E-state index contributed by atoms with van der Waals surface area (Å²) in [7, 11) is -4.64. The second-order valence-electron chi connectivity index (χ2n) is 7.22. The van der Waals surface area contributed by atoms with Crippen molar-refractivity contribution in [3.05, 3.63) is 42.3 Å². The summed E-state index contributed by atoms with van der Waals surface area (Å²) in [5.41, 5.74) is 1.50. The lowest BCUT2D eigenvalue weighted by Gasteiger charge is -2.14. The standard InChI is InChI=1S/C19H18F2N6O3.H3O4P/c1-2-7-27-24-18(23-25-27)15-6-3-11(9-22-15)13-5-4-12(8-14(13)20)26-10-16(17(21)28)30-19(26)29;1-5(2,3)4/h3-6,8-9,16-17,28H,2,7,10H2,1H3;(H3,1,2,3,4)/t16-,17?;/m1./s1. The van der Waals surface area contributed by atoms with Crippen LogP contribution >= 0.6 is 7.82 Å². The zero-order chi connectivity index (χ0) is 25.8. The third-order valence-corrected chi connectivity index (χ3v) is 4.59. The fraction of sp³-hybridized carbons (Fsp3) is 0.316. The number of hydrogen-bond acceptors (Lipinski definition) is 8. The average molecular weight is 514 g/mol. The van der Waals surface area contributed by atoms with E-state index in [1.807, 2.05) is 6.92 Å². The number of hydrogen-bond donors (Lipinski definition) is 4. The minimum absolute atomic E-state index is 0.200. The van der Waals surface area contributed by atoms with Gasteiger partial charge >= 0.3 is 13.9 Å². The number of benzene rings is 1. The monoisotopic (exact) mass is 514 g/mol. The summed E-state index contributed by atoms with van der Waals surface area (Å²) in [4.78, 5) is 40.2. The van der Waals surface area contributed by atoms with Gasteiger partial charge in [-0.1, -0.05) is 13.0 Å². The Balaban J connectivity index is 0.000000623. The lowest BCUT2D eigenvalue weighted by Crippen LogP contribution is -2.28. The van der Waals surface area contributed by atoms with E-state index in [0.717, 1.165) is 17.4 Å². The summed E-state index contributed by atoms with van der Waals surface area (Å²) >= 11 is 0. The molecule has 0 radical (unpaired) electrons. The number of phosphoric acid groups is 1. The number of halogens is 2. The van der Waals surface area contributed by atoms with Gasteiger partial charge in [0.2, 0.25) is 12.2 Å². The van der Waals surface area contributed by atoms with Crippen LogP contribution in [0.5, 0.6) is 0 Å². The Labute approximate surface area is 196 Å². The van der Waals surface area contributed by atoms with E-state index in [1.165, 1.54) is 23.1 Å². The molecule has 3 heterocycles. The molecule has 1 fully saturated rings. The van der Waals surface area contributed by atoms with Crippen molar-refractivity contribution < 1.29 is 42.7 Å². The van der Waals surface area contributed by atoms with E-state index in [-0.39, 0.29) is 17.8 Å². The number of carbonyl (C=O) groups excluding carboxylic acids is 1. The topological polar surface area (TPSA) is 184 Å². The highest BCUT2D eigenvalue weighted by atomic mass is 31.2. The Hall–Kier alpha value is -3.36. The zero-order valence-electron chi connectivity index (χ0n) is 18.1. The first-order chi connectivity index (χ1) is 16.5. The minimum atomic E-state index is -4.64. The van der Waals surface area contributed by atoms with Gasteiger partial charge < -0.3 is 24.5 Å². The number of anilines is 1. The first kappa shape index (κ1) is 26.2. The van der Waals surface area contributed by atoms with Gasteiger partial charge in [-0.05, 0) is 35.9 Å². The molecule has 35 heavy (non-hydrogen) atoms. The van der Waals surface area contributed by atoms with Crippen LogP contribution in [0, 0.1) is 5.82 Å². The van der Waals surface area contributed by atoms with E-state index in [4.69, 9.17) is 29.1 Å². The normalized spacial score (nSPS) is 16.5. The Morgan fingerprint density at radius 3 is 2.51 bits per heavy atom. The highest BCUT2D eigenvalue weighted by molar-refractivity contribution is 7.45. The fourth-order valence-corrected chi connectivity index (χ4v) is 3.07. The lowest BCUT2D eigenvalue weighted by atomic mass is 10.1. The highest BCUT2D eigenvalue weighted by Gasteiger charge is 2.37. The maximum Gasteiger partial charge on any atom is 0.466 e. The van der Waals surface area contributed by atoms with Crippen molar-refractivity contribution in [1.82, 2.24) is 25.2 Å².